The van der Waals surface area contributed by atoms with Crippen LogP contribution in [0, 0.1) is 0 Å². The molecule has 0 amide bonds. The summed E-state index contributed by atoms with van der Waals surface area (Å²) in [6.45, 7) is 0. The molecule has 1 aromatic heterocycles. The van der Waals surface area contributed by atoms with E-state index in [4.69, 9.17) is 4.42 Å². The van der Waals surface area contributed by atoms with Crippen molar-refractivity contribution in [3.05, 3.63) is 224 Å². The second-order valence-electron chi connectivity index (χ2n) is 14.8. The molecule has 0 saturated heterocycles. The predicted molar refractivity (Wildman–Crippen MR) is 245 cm³/mol. The molecule has 58 heavy (non-hydrogen) atoms. The lowest BCUT2D eigenvalue weighted by Crippen LogP contribution is -2.11. The van der Waals surface area contributed by atoms with Crippen molar-refractivity contribution in [1.82, 2.24) is 0 Å². The second-order valence-corrected chi connectivity index (χ2v) is 14.8. The van der Waals surface area contributed by atoms with Gasteiger partial charge in [-0.3, -0.25) is 0 Å². The third-order valence-corrected chi connectivity index (χ3v) is 11.5. The van der Waals surface area contributed by atoms with E-state index in [0.29, 0.717) is 0 Å². The van der Waals surface area contributed by atoms with Crippen LogP contribution in [0.3, 0.4) is 0 Å². The fourth-order valence-corrected chi connectivity index (χ4v) is 8.83. The molecule has 0 atom stereocenters. The molecule has 0 fully saturated rings. The predicted octanol–water partition coefficient (Wildman–Crippen LogP) is 16.0. The van der Waals surface area contributed by atoms with E-state index < -0.39 is 0 Å². The van der Waals surface area contributed by atoms with Gasteiger partial charge in [0, 0.05) is 22.0 Å². The van der Waals surface area contributed by atoms with E-state index in [1.54, 1.807) is 0 Å². The number of rotatable bonds is 7. The molecule has 1 heterocycles. The monoisotopic (exact) mass is 739 g/mol. The van der Waals surface area contributed by atoms with Crippen molar-refractivity contribution < 1.29 is 4.42 Å². The fourth-order valence-electron chi connectivity index (χ4n) is 8.83. The van der Waals surface area contributed by atoms with Gasteiger partial charge in [-0.1, -0.05) is 188 Å². The van der Waals surface area contributed by atoms with Crippen molar-refractivity contribution >= 4 is 60.5 Å². The van der Waals surface area contributed by atoms with Crippen molar-refractivity contribution in [3.8, 4) is 44.5 Å². The number of anilines is 3. The zero-order valence-electron chi connectivity index (χ0n) is 31.7. The lowest BCUT2D eigenvalue weighted by atomic mass is 9.84. The first-order valence-electron chi connectivity index (χ1n) is 19.8. The van der Waals surface area contributed by atoms with Crippen LogP contribution in [-0.4, -0.2) is 0 Å². The summed E-state index contributed by atoms with van der Waals surface area (Å²) >= 11 is 0. The van der Waals surface area contributed by atoms with Gasteiger partial charge in [0.25, 0.3) is 0 Å². The Morgan fingerprint density at radius 3 is 1.53 bits per heavy atom. The molecule has 0 bridgehead atoms. The van der Waals surface area contributed by atoms with Crippen LogP contribution in [-0.2, 0) is 0 Å². The van der Waals surface area contributed by atoms with E-state index in [-0.39, 0.29) is 0 Å². The van der Waals surface area contributed by atoms with Gasteiger partial charge in [0.2, 0.25) is 0 Å². The number of nitrogens with zero attached hydrogens (tertiary/aromatic N) is 1. The van der Waals surface area contributed by atoms with Gasteiger partial charge in [-0.15, -0.1) is 0 Å². The highest BCUT2D eigenvalue weighted by molar-refractivity contribution is 6.22. The van der Waals surface area contributed by atoms with Crippen LogP contribution in [0.4, 0.5) is 17.1 Å². The molecule has 272 valence electrons. The highest BCUT2D eigenvalue weighted by atomic mass is 16.3. The average molecular weight is 740 g/mol. The third-order valence-electron chi connectivity index (χ3n) is 11.5. The van der Waals surface area contributed by atoms with Crippen molar-refractivity contribution in [3.63, 3.8) is 0 Å². The molecular formula is C56H37NO. The zero-order valence-corrected chi connectivity index (χ0v) is 31.7. The Kier molecular flexibility index (Phi) is 8.19. The smallest absolute Gasteiger partial charge is 0.159 e. The summed E-state index contributed by atoms with van der Waals surface area (Å²) in [6.07, 6.45) is 0. The van der Waals surface area contributed by atoms with Crippen LogP contribution in [0.1, 0.15) is 0 Å². The Hall–Kier alpha value is -7.68. The van der Waals surface area contributed by atoms with Gasteiger partial charge in [0.1, 0.15) is 5.58 Å². The third kappa shape index (κ3) is 5.66. The largest absolute Gasteiger partial charge is 0.454 e. The molecule has 2 heteroatoms. The molecule has 0 saturated carbocycles. The van der Waals surface area contributed by atoms with Gasteiger partial charge < -0.3 is 9.32 Å². The van der Waals surface area contributed by atoms with Crippen molar-refractivity contribution in [2.75, 3.05) is 4.90 Å². The molecule has 2 nitrogen and oxygen atoms in total. The number of para-hydroxylation sites is 3. The molecule has 0 aliphatic rings. The summed E-state index contributed by atoms with van der Waals surface area (Å²) in [4.78, 5) is 2.35. The Labute approximate surface area is 337 Å². The number of hydrogen-bond acceptors (Lipinski definition) is 2. The van der Waals surface area contributed by atoms with E-state index in [1.165, 1.54) is 49.4 Å². The lowest BCUT2D eigenvalue weighted by Gasteiger charge is -2.28. The van der Waals surface area contributed by atoms with Crippen molar-refractivity contribution in [2.24, 2.45) is 0 Å². The van der Waals surface area contributed by atoms with Gasteiger partial charge >= 0.3 is 0 Å². The minimum Gasteiger partial charge on any atom is -0.454 e. The Morgan fingerprint density at radius 2 is 0.810 bits per heavy atom. The first-order valence-corrected chi connectivity index (χ1v) is 19.8. The van der Waals surface area contributed by atoms with Crippen LogP contribution in [0.25, 0.3) is 88.0 Å². The Bertz CT molecular complexity index is 3260. The molecule has 10 aromatic carbocycles. The average Bonchev–Trinajstić information content (AvgIpc) is 3.69. The minimum absolute atomic E-state index is 0.861. The van der Waals surface area contributed by atoms with Crippen molar-refractivity contribution in [2.45, 2.75) is 0 Å². The molecule has 0 radical (unpaired) electrons. The Balaban J connectivity index is 1.11. The van der Waals surface area contributed by atoms with Gasteiger partial charge in [0.05, 0.1) is 11.4 Å². The normalized spacial score (nSPS) is 11.4. The maximum Gasteiger partial charge on any atom is 0.159 e. The molecule has 0 aliphatic heterocycles. The summed E-state index contributed by atoms with van der Waals surface area (Å²) in [6, 6.07) is 80.5. The number of furan rings is 1. The topological polar surface area (TPSA) is 16.4 Å². The number of fused-ring (bicyclic) bond motifs is 6. The summed E-state index contributed by atoms with van der Waals surface area (Å²) in [5, 5.41) is 7.20. The van der Waals surface area contributed by atoms with Gasteiger partial charge in [-0.2, -0.15) is 0 Å². The second kappa shape index (κ2) is 14.1. The Morgan fingerprint density at radius 1 is 0.293 bits per heavy atom. The highest BCUT2D eigenvalue weighted by Gasteiger charge is 2.23. The molecule has 11 rings (SSSR count). The summed E-state index contributed by atoms with van der Waals surface area (Å²) in [5.74, 6) is 0. The van der Waals surface area contributed by atoms with E-state index in [0.717, 1.165) is 55.7 Å². The van der Waals surface area contributed by atoms with Crippen molar-refractivity contribution in [1.29, 1.82) is 0 Å². The standard InChI is InChI=1S/C56H37NO/c1-4-17-39(18-5-1)44-23-12-14-28-51(44)57(52-29-16-27-49-47-25-13-15-30-53(47)58-56(49)52)43-34-31-38(32-35-43)42-33-36-46-45-24-10-11-26-48(45)54(40-19-6-2-7-20-40)55(50(46)37-42)41-21-8-3-9-22-41/h1-37H. The fraction of sp³-hybridized carbons (Fsp3) is 0. The van der Waals surface area contributed by atoms with Crippen LogP contribution < -0.4 is 4.90 Å². The van der Waals surface area contributed by atoms with Gasteiger partial charge in [-0.25, -0.2) is 0 Å². The molecule has 0 unspecified atom stereocenters. The maximum absolute atomic E-state index is 6.67. The van der Waals surface area contributed by atoms with Gasteiger partial charge in [0.15, 0.2) is 5.58 Å². The first kappa shape index (κ1) is 33.6. The number of benzene rings is 10. The zero-order chi connectivity index (χ0) is 38.4. The highest BCUT2D eigenvalue weighted by Crippen LogP contribution is 2.47. The van der Waals surface area contributed by atoms with Crippen LogP contribution in [0.5, 0.6) is 0 Å². The summed E-state index contributed by atoms with van der Waals surface area (Å²) in [5.41, 5.74) is 14.4. The molecule has 0 spiro atoms. The van der Waals surface area contributed by atoms with E-state index >= 15 is 0 Å². The number of hydrogen-bond donors (Lipinski definition) is 0. The molecular weight excluding hydrogens is 703 g/mol. The lowest BCUT2D eigenvalue weighted by molar-refractivity contribution is 0.669. The summed E-state index contributed by atoms with van der Waals surface area (Å²) < 4.78 is 6.67. The molecule has 0 aliphatic carbocycles. The summed E-state index contributed by atoms with van der Waals surface area (Å²) in [7, 11) is 0. The van der Waals surface area contributed by atoms with E-state index in [2.05, 4.69) is 223 Å². The SMILES string of the molecule is c1ccc(-c2ccccc2N(c2ccc(-c3ccc4c(c3)c(-c3ccccc3)c(-c3ccccc3)c3ccccc34)cc2)c2cccc3c2oc2ccccc23)cc1. The van der Waals surface area contributed by atoms with E-state index in [1.807, 2.05) is 6.07 Å². The van der Waals surface area contributed by atoms with E-state index in [9.17, 15) is 0 Å². The maximum atomic E-state index is 6.67. The molecule has 0 N–H and O–H groups in total. The minimum atomic E-state index is 0.861. The van der Waals surface area contributed by atoms with Crippen LogP contribution in [0.2, 0.25) is 0 Å². The quantitative estimate of drug-likeness (QED) is 0.151. The van der Waals surface area contributed by atoms with Crippen LogP contribution in [0.15, 0.2) is 229 Å². The first-order chi connectivity index (χ1) is 28.8. The van der Waals surface area contributed by atoms with Crippen LogP contribution >= 0.6 is 0 Å². The van der Waals surface area contributed by atoms with Gasteiger partial charge in [-0.05, 0) is 96.9 Å². The molecule has 11 aromatic rings.